The molecule has 0 aliphatic carbocycles. The van der Waals surface area contributed by atoms with Crippen molar-refractivity contribution in [3.63, 3.8) is 0 Å². The zero-order valence-corrected chi connectivity index (χ0v) is 25.3. The van der Waals surface area contributed by atoms with Gasteiger partial charge in [0.1, 0.15) is 11.2 Å². The fourth-order valence-electron chi connectivity index (χ4n) is 6.43. The van der Waals surface area contributed by atoms with Gasteiger partial charge in [-0.2, -0.15) is 0 Å². The first-order chi connectivity index (χ1) is 23.3. The van der Waals surface area contributed by atoms with Crippen LogP contribution in [0.1, 0.15) is 0 Å². The molecule has 4 nitrogen and oxygen atoms in total. The number of para-hydroxylation sites is 1. The van der Waals surface area contributed by atoms with E-state index in [1.807, 2.05) is 78.9 Å². The van der Waals surface area contributed by atoms with E-state index in [0.717, 1.165) is 55.3 Å². The number of nitrogens with zero attached hydrogens (tertiary/aromatic N) is 3. The smallest absolute Gasteiger partial charge is 0.164 e. The zero-order valence-electron chi connectivity index (χ0n) is 25.3. The van der Waals surface area contributed by atoms with Crippen LogP contribution >= 0.6 is 0 Å². The Morgan fingerprint density at radius 3 is 1.66 bits per heavy atom. The molecular weight excluding hydrogens is 574 g/mol. The molecule has 0 saturated carbocycles. The molecule has 0 aliphatic heterocycles. The lowest BCUT2D eigenvalue weighted by atomic mass is 9.92. The van der Waals surface area contributed by atoms with Crippen molar-refractivity contribution in [1.29, 1.82) is 0 Å². The van der Waals surface area contributed by atoms with Crippen LogP contribution in [0.3, 0.4) is 0 Å². The molecule has 220 valence electrons. The first-order valence-corrected chi connectivity index (χ1v) is 15.7. The number of rotatable bonds is 5. The van der Waals surface area contributed by atoms with Gasteiger partial charge in [-0.3, -0.25) is 0 Å². The Morgan fingerprint density at radius 2 is 0.936 bits per heavy atom. The van der Waals surface area contributed by atoms with E-state index in [1.54, 1.807) is 0 Å². The minimum atomic E-state index is 0.610. The summed E-state index contributed by atoms with van der Waals surface area (Å²) in [6, 6.07) is 56.4. The van der Waals surface area contributed by atoms with Crippen molar-refractivity contribution in [2.75, 3.05) is 0 Å². The standard InChI is InChI=1S/C43H27N3O/c1-3-12-31(13-4-1)41-44-42(32-14-5-2-6-15-32)46-43(45-41)36-25-26-38-40(35-17-9-10-18-37(35)47-38)39(36)30-22-19-29(20-23-30)34-24-21-28-11-7-8-16-33(28)27-34/h1-27H. The summed E-state index contributed by atoms with van der Waals surface area (Å²) in [5.41, 5.74) is 8.88. The molecule has 7 aromatic carbocycles. The van der Waals surface area contributed by atoms with Gasteiger partial charge < -0.3 is 4.42 Å². The molecular formula is C43H27N3O. The summed E-state index contributed by atoms with van der Waals surface area (Å²) in [5, 5.41) is 4.56. The Balaban J connectivity index is 1.27. The summed E-state index contributed by atoms with van der Waals surface area (Å²) in [6.45, 7) is 0. The van der Waals surface area contributed by atoms with E-state index in [2.05, 4.69) is 84.9 Å². The van der Waals surface area contributed by atoms with E-state index in [-0.39, 0.29) is 0 Å². The van der Waals surface area contributed by atoms with Crippen LogP contribution < -0.4 is 0 Å². The summed E-state index contributed by atoms with van der Waals surface area (Å²) >= 11 is 0. The van der Waals surface area contributed by atoms with E-state index < -0.39 is 0 Å². The van der Waals surface area contributed by atoms with E-state index in [0.29, 0.717) is 17.5 Å². The Kier molecular flexibility index (Phi) is 6.43. The van der Waals surface area contributed by atoms with Gasteiger partial charge in [-0.15, -0.1) is 0 Å². The highest BCUT2D eigenvalue weighted by Gasteiger charge is 2.21. The Hall–Kier alpha value is -6.39. The molecule has 9 rings (SSSR count). The van der Waals surface area contributed by atoms with Gasteiger partial charge >= 0.3 is 0 Å². The number of hydrogen-bond donors (Lipinski definition) is 0. The van der Waals surface area contributed by atoms with Crippen molar-refractivity contribution in [1.82, 2.24) is 15.0 Å². The van der Waals surface area contributed by atoms with Gasteiger partial charge in [-0.05, 0) is 51.7 Å². The average molecular weight is 602 g/mol. The molecule has 0 bridgehead atoms. The van der Waals surface area contributed by atoms with Crippen LogP contribution in [-0.2, 0) is 0 Å². The molecule has 0 unspecified atom stereocenters. The molecule has 47 heavy (non-hydrogen) atoms. The molecule has 0 spiro atoms. The zero-order chi connectivity index (χ0) is 31.2. The lowest BCUT2D eigenvalue weighted by Crippen LogP contribution is -2.01. The second-order valence-corrected chi connectivity index (χ2v) is 11.6. The van der Waals surface area contributed by atoms with Gasteiger partial charge in [0.05, 0.1) is 0 Å². The topological polar surface area (TPSA) is 51.8 Å². The van der Waals surface area contributed by atoms with E-state index in [4.69, 9.17) is 19.4 Å². The summed E-state index contributed by atoms with van der Waals surface area (Å²) in [5.74, 6) is 1.87. The van der Waals surface area contributed by atoms with Crippen LogP contribution in [-0.4, -0.2) is 15.0 Å². The SMILES string of the molecule is c1ccc(-c2nc(-c3ccccc3)nc(-c3ccc4oc5ccccc5c4c3-c3ccc(-c4ccc5ccccc5c4)cc3)n2)cc1. The predicted octanol–water partition coefficient (Wildman–Crippen LogP) is 11.3. The quantitative estimate of drug-likeness (QED) is 0.197. The number of fused-ring (bicyclic) bond motifs is 4. The molecule has 0 aliphatic rings. The summed E-state index contributed by atoms with van der Waals surface area (Å²) < 4.78 is 6.37. The molecule has 0 atom stereocenters. The van der Waals surface area contributed by atoms with Gasteiger partial charge in [-0.25, -0.2) is 15.0 Å². The van der Waals surface area contributed by atoms with Gasteiger partial charge in [0.15, 0.2) is 17.5 Å². The van der Waals surface area contributed by atoms with Crippen LogP contribution in [0.25, 0.3) is 89.1 Å². The van der Waals surface area contributed by atoms with Crippen molar-refractivity contribution in [3.8, 4) is 56.4 Å². The number of aromatic nitrogens is 3. The number of furan rings is 1. The fourth-order valence-corrected chi connectivity index (χ4v) is 6.43. The largest absolute Gasteiger partial charge is 0.456 e. The van der Waals surface area contributed by atoms with Crippen LogP contribution in [0.15, 0.2) is 168 Å². The molecule has 2 heterocycles. The minimum Gasteiger partial charge on any atom is -0.456 e. The van der Waals surface area contributed by atoms with Gasteiger partial charge in [-0.1, -0.05) is 140 Å². The molecule has 0 saturated heterocycles. The molecule has 4 heteroatoms. The summed E-state index contributed by atoms with van der Waals surface area (Å²) in [6.07, 6.45) is 0. The maximum Gasteiger partial charge on any atom is 0.164 e. The van der Waals surface area contributed by atoms with Gasteiger partial charge in [0.2, 0.25) is 0 Å². The van der Waals surface area contributed by atoms with Crippen molar-refractivity contribution >= 4 is 32.7 Å². The third kappa shape index (κ3) is 4.84. The Morgan fingerprint density at radius 1 is 0.362 bits per heavy atom. The highest BCUT2D eigenvalue weighted by Crippen LogP contribution is 2.43. The van der Waals surface area contributed by atoms with Gasteiger partial charge in [0.25, 0.3) is 0 Å². The van der Waals surface area contributed by atoms with Gasteiger partial charge in [0, 0.05) is 33.0 Å². The molecule has 9 aromatic rings. The Labute approximate surface area is 271 Å². The first kappa shape index (κ1) is 27.0. The lowest BCUT2D eigenvalue weighted by Gasteiger charge is -2.14. The second kappa shape index (κ2) is 11.2. The highest BCUT2D eigenvalue weighted by atomic mass is 16.3. The van der Waals surface area contributed by atoms with Crippen LogP contribution in [0.2, 0.25) is 0 Å². The maximum absolute atomic E-state index is 6.37. The van der Waals surface area contributed by atoms with E-state index >= 15 is 0 Å². The third-order valence-electron chi connectivity index (χ3n) is 8.74. The first-order valence-electron chi connectivity index (χ1n) is 15.7. The number of hydrogen-bond acceptors (Lipinski definition) is 4. The Bertz CT molecular complexity index is 2500. The van der Waals surface area contributed by atoms with Crippen molar-refractivity contribution in [2.24, 2.45) is 0 Å². The van der Waals surface area contributed by atoms with Crippen molar-refractivity contribution < 1.29 is 4.42 Å². The predicted molar refractivity (Wildman–Crippen MR) is 192 cm³/mol. The van der Waals surface area contributed by atoms with E-state index in [9.17, 15) is 0 Å². The molecule has 0 N–H and O–H groups in total. The van der Waals surface area contributed by atoms with E-state index in [1.165, 1.54) is 16.3 Å². The molecule has 0 fully saturated rings. The van der Waals surface area contributed by atoms with Crippen LogP contribution in [0, 0.1) is 0 Å². The summed E-state index contributed by atoms with van der Waals surface area (Å²) in [7, 11) is 0. The molecule has 0 radical (unpaired) electrons. The number of benzene rings is 7. The molecule has 0 amide bonds. The van der Waals surface area contributed by atoms with Crippen molar-refractivity contribution in [2.45, 2.75) is 0 Å². The summed E-state index contributed by atoms with van der Waals surface area (Å²) in [4.78, 5) is 15.1. The average Bonchev–Trinajstić information content (AvgIpc) is 3.54. The third-order valence-corrected chi connectivity index (χ3v) is 8.74. The van der Waals surface area contributed by atoms with Crippen molar-refractivity contribution in [3.05, 3.63) is 164 Å². The second-order valence-electron chi connectivity index (χ2n) is 11.6. The highest BCUT2D eigenvalue weighted by molar-refractivity contribution is 6.15. The lowest BCUT2D eigenvalue weighted by molar-refractivity contribution is 0.669. The van der Waals surface area contributed by atoms with Crippen LogP contribution in [0.4, 0.5) is 0 Å². The minimum absolute atomic E-state index is 0.610. The fraction of sp³-hybridized carbons (Fsp3) is 0. The normalized spacial score (nSPS) is 11.4. The molecule has 2 aromatic heterocycles. The van der Waals surface area contributed by atoms with Crippen LogP contribution in [0.5, 0.6) is 0 Å². The monoisotopic (exact) mass is 601 g/mol. The maximum atomic E-state index is 6.37.